The number of rotatable bonds is 4. The van der Waals surface area contributed by atoms with Crippen LogP contribution in [0.2, 0.25) is 0 Å². The molecule has 0 N–H and O–H groups in total. The van der Waals surface area contributed by atoms with E-state index in [2.05, 4.69) is 0 Å². The van der Waals surface area contributed by atoms with E-state index in [0.29, 0.717) is 24.8 Å². The van der Waals surface area contributed by atoms with E-state index < -0.39 is 29.2 Å². The van der Waals surface area contributed by atoms with Gasteiger partial charge in [-0.25, -0.2) is 14.4 Å². The molecule has 1 aromatic rings. The molecule has 0 radical (unpaired) electrons. The zero-order chi connectivity index (χ0) is 21.2. The van der Waals surface area contributed by atoms with Crippen molar-refractivity contribution in [3.05, 3.63) is 47.5 Å². The fourth-order valence-corrected chi connectivity index (χ4v) is 4.04. The minimum absolute atomic E-state index is 0.101. The second-order valence-electron chi connectivity index (χ2n) is 8.36. The highest BCUT2D eigenvalue weighted by Gasteiger charge is 2.63. The quantitative estimate of drug-likeness (QED) is 0.437. The molecule has 2 saturated heterocycles. The van der Waals surface area contributed by atoms with Crippen LogP contribution in [-0.4, -0.2) is 47.2 Å². The van der Waals surface area contributed by atoms with Crippen molar-refractivity contribution < 1.29 is 28.6 Å². The highest BCUT2D eigenvalue weighted by Crippen LogP contribution is 2.51. The van der Waals surface area contributed by atoms with E-state index in [4.69, 9.17) is 14.2 Å². The number of benzene rings is 1. The third-order valence-corrected chi connectivity index (χ3v) is 5.23. The maximum Gasteiger partial charge on any atom is 0.411 e. The van der Waals surface area contributed by atoms with E-state index in [1.165, 1.54) is 18.1 Å². The second-order valence-corrected chi connectivity index (χ2v) is 8.36. The van der Waals surface area contributed by atoms with Crippen LogP contribution in [0.3, 0.4) is 0 Å². The van der Waals surface area contributed by atoms with E-state index in [-0.39, 0.29) is 12.6 Å². The monoisotopic (exact) mass is 401 g/mol. The average molecular weight is 401 g/mol. The molecule has 2 atom stereocenters. The molecular weight excluding hydrogens is 374 g/mol. The van der Waals surface area contributed by atoms with Crippen LogP contribution in [0.1, 0.15) is 45.6 Å². The number of hydrogen-bond donors (Lipinski definition) is 0. The van der Waals surface area contributed by atoms with Gasteiger partial charge in [0.2, 0.25) is 0 Å². The van der Waals surface area contributed by atoms with Crippen molar-refractivity contribution in [3.8, 4) is 0 Å². The zero-order valence-corrected chi connectivity index (χ0v) is 17.3. The Kier molecular flexibility index (Phi) is 5.68. The number of amides is 1. The van der Waals surface area contributed by atoms with Gasteiger partial charge in [-0.05, 0) is 51.2 Å². The van der Waals surface area contributed by atoms with Crippen molar-refractivity contribution in [2.45, 2.75) is 63.8 Å². The van der Waals surface area contributed by atoms with Crippen molar-refractivity contribution >= 4 is 18.0 Å². The topological polar surface area (TPSA) is 82.1 Å². The highest BCUT2D eigenvalue weighted by atomic mass is 16.6. The van der Waals surface area contributed by atoms with Gasteiger partial charge in [0.1, 0.15) is 12.2 Å². The lowest BCUT2D eigenvalue weighted by molar-refractivity contribution is -0.164. The van der Waals surface area contributed by atoms with Gasteiger partial charge in [-0.3, -0.25) is 4.90 Å². The lowest BCUT2D eigenvalue weighted by atomic mass is 9.82. The summed E-state index contributed by atoms with van der Waals surface area (Å²) in [7, 11) is 1.28. The first-order valence-corrected chi connectivity index (χ1v) is 9.70. The van der Waals surface area contributed by atoms with Gasteiger partial charge in [-0.1, -0.05) is 30.3 Å². The minimum atomic E-state index is -1.33. The van der Waals surface area contributed by atoms with Crippen molar-refractivity contribution in [1.82, 2.24) is 4.90 Å². The Hall–Kier alpha value is -2.83. The van der Waals surface area contributed by atoms with Crippen molar-refractivity contribution in [2.24, 2.45) is 0 Å². The summed E-state index contributed by atoms with van der Waals surface area (Å²) < 4.78 is 15.9. The number of ether oxygens (including phenoxy) is 3. The Bertz CT molecular complexity index is 825. The fourth-order valence-electron chi connectivity index (χ4n) is 4.04. The molecule has 7 nitrogen and oxygen atoms in total. The van der Waals surface area contributed by atoms with Crippen LogP contribution < -0.4 is 0 Å². The molecule has 2 fully saturated rings. The molecular formula is C22H27NO6. The molecule has 29 heavy (non-hydrogen) atoms. The van der Waals surface area contributed by atoms with Crippen LogP contribution in [0.5, 0.6) is 0 Å². The number of fused-ring (bicyclic) bond motifs is 2. The minimum Gasteiger partial charge on any atom is -0.466 e. The number of carbonyl (C=O) groups is 3. The van der Waals surface area contributed by atoms with Gasteiger partial charge in [-0.15, -0.1) is 0 Å². The Balaban J connectivity index is 1.90. The first-order chi connectivity index (χ1) is 13.7. The summed E-state index contributed by atoms with van der Waals surface area (Å²) in [5, 5.41) is 0. The molecule has 0 aliphatic carbocycles. The van der Waals surface area contributed by atoms with Crippen LogP contribution in [0, 0.1) is 0 Å². The van der Waals surface area contributed by atoms with E-state index in [1.807, 2.05) is 30.3 Å². The van der Waals surface area contributed by atoms with Crippen LogP contribution >= 0.6 is 0 Å². The van der Waals surface area contributed by atoms with E-state index in [9.17, 15) is 14.4 Å². The number of methoxy groups -OCH3 is 1. The van der Waals surface area contributed by atoms with Gasteiger partial charge in [0, 0.05) is 12.1 Å². The second kappa shape index (κ2) is 7.89. The fraction of sp³-hybridized carbons (Fsp3) is 0.500. The Labute approximate surface area is 170 Å². The lowest BCUT2D eigenvalue weighted by Crippen LogP contribution is -2.54. The number of nitrogens with zero attached hydrogens (tertiary/aromatic N) is 1. The number of hydrogen-bond acceptors (Lipinski definition) is 6. The van der Waals surface area contributed by atoms with Crippen LogP contribution in [-0.2, 0) is 30.4 Å². The molecule has 0 unspecified atom stereocenters. The lowest BCUT2D eigenvalue weighted by Gasteiger charge is -2.35. The summed E-state index contributed by atoms with van der Waals surface area (Å²) in [6, 6.07) is 9.11. The molecule has 2 aliphatic heterocycles. The summed E-state index contributed by atoms with van der Waals surface area (Å²) >= 11 is 0. The normalized spacial score (nSPS) is 24.5. The molecule has 0 aromatic heterocycles. The summed E-state index contributed by atoms with van der Waals surface area (Å²) in [5.41, 5.74) is -0.682. The maximum atomic E-state index is 13.2. The summed E-state index contributed by atoms with van der Waals surface area (Å²) in [5.74, 6) is -1.11. The summed E-state index contributed by atoms with van der Waals surface area (Å²) in [4.78, 5) is 39.6. The Morgan fingerprint density at radius 2 is 1.90 bits per heavy atom. The summed E-state index contributed by atoms with van der Waals surface area (Å²) in [6.07, 6.45) is 2.15. The van der Waals surface area contributed by atoms with E-state index in [0.717, 1.165) is 5.56 Å². The summed E-state index contributed by atoms with van der Waals surface area (Å²) in [6.45, 7) is 5.41. The molecule has 3 rings (SSSR count). The zero-order valence-electron chi connectivity index (χ0n) is 17.3. The van der Waals surface area contributed by atoms with Crippen molar-refractivity contribution in [3.63, 3.8) is 0 Å². The van der Waals surface area contributed by atoms with E-state index in [1.54, 1.807) is 20.8 Å². The molecule has 156 valence electrons. The van der Waals surface area contributed by atoms with Gasteiger partial charge in [-0.2, -0.15) is 0 Å². The highest BCUT2D eigenvalue weighted by molar-refractivity contribution is 5.95. The van der Waals surface area contributed by atoms with Crippen molar-refractivity contribution in [1.29, 1.82) is 0 Å². The van der Waals surface area contributed by atoms with Gasteiger partial charge in [0.25, 0.3) is 0 Å². The molecule has 0 spiro atoms. The van der Waals surface area contributed by atoms with Gasteiger partial charge in [0.05, 0.1) is 7.11 Å². The van der Waals surface area contributed by atoms with E-state index >= 15 is 0 Å². The largest absolute Gasteiger partial charge is 0.466 e. The number of esters is 2. The SMILES string of the molecule is COC(=O)/C=C1\C[C@H]2CC[C@]1(C(=O)OC(C)(C)C)N2C(=O)OCc1ccccc1. The first-order valence-electron chi connectivity index (χ1n) is 9.70. The molecule has 2 heterocycles. The molecule has 1 aromatic carbocycles. The first kappa shape index (κ1) is 20.9. The Morgan fingerprint density at radius 3 is 2.52 bits per heavy atom. The standard InChI is InChI=1S/C22H27NO6/c1-21(2,3)29-19(25)22-11-10-17(12-16(22)13-18(24)27-4)23(22)20(26)28-14-15-8-6-5-7-9-15/h5-9,13,17H,10-12,14H2,1-4H3/b16-13+/t17-,22+/m1/s1. The molecule has 2 bridgehead atoms. The van der Waals surface area contributed by atoms with Crippen LogP contribution in [0.15, 0.2) is 42.0 Å². The third kappa shape index (κ3) is 4.13. The molecule has 1 amide bonds. The van der Waals surface area contributed by atoms with Crippen LogP contribution in [0.25, 0.3) is 0 Å². The van der Waals surface area contributed by atoms with Gasteiger partial charge < -0.3 is 14.2 Å². The van der Waals surface area contributed by atoms with Crippen molar-refractivity contribution in [2.75, 3.05) is 7.11 Å². The van der Waals surface area contributed by atoms with Gasteiger partial charge in [0.15, 0.2) is 5.54 Å². The Morgan fingerprint density at radius 1 is 1.21 bits per heavy atom. The molecule has 7 heteroatoms. The molecule has 2 aliphatic rings. The van der Waals surface area contributed by atoms with Crippen LogP contribution in [0.4, 0.5) is 4.79 Å². The predicted molar refractivity (Wildman–Crippen MR) is 105 cm³/mol. The third-order valence-electron chi connectivity index (χ3n) is 5.23. The molecule has 0 saturated carbocycles. The maximum absolute atomic E-state index is 13.2. The predicted octanol–water partition coefficient (Wildman–Crippen LogP) is 3.37. The average Bonchev–Trinajstić information content (AvgIpc) is 3.19. The number of carbonyl (C=O) groups excluding carboxylic acids is 3. The smallest absolute Gasteiger partial charge is 0.411 e. The van der Waals surface area contributed by atoms with Gasteiger partial charge >= 0.3 is 18.0 Å².